The second kappa shape index (κ2) is 4.72. The van der Waals surface area contributed by atoms with Crippen molar-refractivity contribution in [2.75, 3.05) is 5.75 Å². The van der Waals surface area contributed by atoms with E-state index in [1.807, 2.05) is 6.07 Å². The molecule has 0 aliphatic carbocycles. The maximum Gasteiger partial charge on any atom is 0.215 e. The van der Waals surface area contributed by atoms with Gasteiger partial charge in [-0.2, -0.15) is 9.94 Å². The molecule has 0 bridgehead atoms. The van der Waals surface area contributed by atoms with Crippen LogP contribution in [0.25, 0.3) is 5.69 Å². The number of tetrazole rings is 1. The summed E-state index contributed by atoms with van der Waals surface area (Å²) in [5.41, 5.74) is 0.659. The lowest BCUT2D eigenvalue weighted by Gasteiger charge is -2.01. The summed E-state index contributed by atoms with van der Waals surface area (Å²) in [6, 6.07) is 7.79. The standard InChI is InChI=1S/C9H6FN5S/c10-7-1-3-8(4-2-7)15-9(12-13-14-15)16-6-5-11/h1-4H,6H2. The smallest absolute Gasteiger partial charge is 0.207 e. The first-order chi connectivity index (χ1) is 7.81. The topological polar surface area (TPSA) is 67.4 Å². The number of thioether (sulfide) groups is 1. The minimum Gasteiger partial charge on any atom is -0.207 e. The van der Waals surface area contributed by atoms with Gasteiger partial charge in [0, 0.05) is 0 Å². The quantitative estimate of drug-likeness (QED) is 0.752. The second-order valence-corrected chi connectivity index (χ2v) is 3.74. The zero-order valence-corrected chi connectivity index (χ0v) is 8.86. The Hall–Kier alpha value is -1.94. The van der Waals surface area contributed by atoms with Crippen LogP contribution in [0.3, 0.4) is 0 Å². The number of benzene rings is 1. The predicted octanol–water partition coefficient (Wildman–Crippen LogP) is 1.42. The van der Waals surface area contributed by atoms with Crippen molar-refractivity contribution in [1.29, 1.82) is 5.26 Å². The van der Waals surface area contributed by atoms with Crippen molar-refractivity contribution in [2.45, 2.75) is 5.16 Å². The van der Waals surface area contributed by atoms with E-state index in [0.717, 1.165) is 0 Å². The molecule has 2 aromatic rings. The summed E-state index contributed by atoms with van der Waals surface area (Å²) < 4.78 is 14.2. The molecule has 0 N–H and O–H groups in total. The summed E-state index contributed by atoms with van der Waals surface area (Å²) in [4.78, 5) is 0. The van der Waals surface area contributed by atoms with Gasteiger partial charge in [0.1, 0.15) is 5.82 Å². The van der Waals surface area contributed by atoms with Gasteiger partial charge in [0.2, 0.25) is 5.16 Å². The Balaban J connectivity index is 2.30. The third-order valence-electron chi connectivity index (χ3n) is 1.78. The second-order valence-electron chi connectivity index (χ2n) is 2.80. The van der Waals surface area contributed by atoms with Crippen LogP contribution < -0.4 is 0 Å². The fourth-order valence-corrected chi connectivity index (χ4v) is 1.66. The SMILES string of the molecule is N#CCSc1nnnn1-c1ccc(F)cc1. The molecule has 0 amide bonds. The molecule has 0 radical (unpaired) electrons. The highest BCUT2D eigenvalue weighted by Crippen LogP contribution is 2.17. The molecule has 0 saturated carbocycles. The average Bonchev–Trinajstić information content (AvgIpc) is 2.75. The van der Waals surface area contributed by atoms with Gasteiger partial charge in [-0.25, -0.2) is 4.39 Å². The molecule has 0 aliphatic heterocycles. The summed E-state index contributed by atoms with van der Waals surface area (Å²) in [6.45, 7) is 0. The normalized spacial score (nSPS) is 10.0. The van der Waals surface area contributed by atoms with Gasteiger partial charge >= 0.3 is 0 Å². The van der Waals surface area contributed by atoms with Crippen LogP contribution in [-0.4, -0.2) is 26.0 Å². The van der Waals surface area contributed by atoms with E-state index < -0.39 is 0 Å². The molecule has 80 valence electrons. The Morgan fingerprint density at radius 1 is 1.38 bits per heavy atom. The number of rotatable bonds is 3. The van der Waals surface area contributed by atoms with Crippen molar-refractivity contribution in [3.8, 4) is 11.8 Å². The molecular weight excluding hydrogens is 229 g/mol. The minimum absolute atomic E-state index is 0.265. The highest BCUT2D eigenvalue weighted by molar-refractivity contribution is 7.99. The van der Waals surface area contributed by atoms with Crippen LogP contribution in [0, 0.1) is 17.1 Å². The third-order valence-corrected chi connectivity index (χ3v) is 2.56. The summed E-state index contributed by atoms with van der Waals surface area (Å²) in [6.07, 6.45) is 0. The molecule has 0 atom stereocenters. The molecule has 1 aromatic carbocycles. The van der Waals surface area contributed by atoms with E-state index in [0.29, 0.717) is 10.8 Å². The van der Waals surface area contributed by atoms with Crippen LogP contribution in [0.2, 0.25) is 0 Å². The first kappa shape index (κ1) is 10.6. The highest BCUT2D eigenvalue weighted by Gasteiger charge is 2.08. The number of hydrogen-bond acceptors (Lipinski definition) is 5. The maximum absolute atomic E-state index is 12.7. The molecule has 1 heterocycles. The fraction of sp³-hybridized carbons (Fsp3) is 0.111. The van der Waals surface area contributed by atoms with Crippen molar-refractivity contribution in [3.63, 3.8) is 0 Å². The fourth-order valence-electron chi connectivity index (χ4n) is 1.11. The molecule has 0 fully saturated rings. The van der Waals surface area contributed by atoms with Gasteiger partial charge in [0.15, 0.2) is 0 Å². The lowest BCUT2D eigenvalue weighted by atomic mass is 10.3. The van der Waals surface area contributed by atoms with Gasteiger partial charge in [0.25, 0.3) is 0 Å². The van der Waals surface area contributed by atoms with Gasteiger partial charge in [-0.05, 0) is 34.7 Å². The van der Waals surface area contributed by atoms with Gasteiger partial charge < -0.3 is 0 Å². The Labute approximate surface area is 94.9 Å². The first-order valence-corrected chi connectivity index (χ1v) is 5.34. The molecule has 0 unspecified atom stereocenters. The van der Waals surface area contributed by atoms with E-state index in [2.05, 4.69) is 15.5 Å². The summed E-state index contributed by atoms with van der Waals surface area (Å²) in [7, 11) is 0. The minimum atomic E-state index is -0.317. The van der Waals surface area contributed by atoms with E-state index >= 15 is 0 Å². The number of hydrogen-bond donors (Lipinski definition) is 0. The van der Waals surface area contributed by atoms with Crippen molar-refractivity contribution < 1.29 is 4.39 Å². The first-order valence-electron chi connectivity index (χ1n) is 4.35. The van der Waals surface area contributed by atoms with Crippen LogP contribution in [0.5, 0.6) is 0 Å². The zero-order valence-electron chi connectivity index (χ0n) is 8.04. The predicted molar refractivity (Wildman–Crippen MR) is 55.4 cm³/mol. The number of halogens is 1. The van der Waals surface area contributed by atoms with Crippen molar-refractivity contribution in [1.82, 2.24) is 20.2 Å². The molecule has 2 rings (SSSR count). The molecule has 0 spiro atoms. The number of nitriles is 1. The number of nitrogens with zero attached hydrogens (tertiary/aromatic N) is 5. The molecule has 5 nitrogen and oxygen atoms in total. The van der Waals surface area contributed by atoms with Crippen LogP contribution in [-0.2, 0) is 0 Å². The molecule has 0 saturated heterocycles. The number of aromatic nitrogens is 4. The summed E-state index contributed by atoms with van der Waals surface area (Å²) >= 11 is 1.22. The molecule has 1 aromatic heterocycles. The van der Waals surface area contributed by atoms with E-state index in [1.165, 1.54) is 28.6 Å². The zero-order chi connectivity index (χ0) is 11.4. The largest absolute Gasteiger partial charge is 0.215 e. The van der Waals surface area contributed by atoms with Crippen LogP contribution in [0.4, 0.5) is 4.39 Å². The summed E-state index contributed by atoms with van der Waals surface area (Å²) in [5, 5.41) is 20.0. The van der Waals surface area contributed by atoms with E-state index in [-0.39, 0.29) is 11.6 Å². The van der Waals surface area contributed by atoms with E-state index in [9.17, 15) is 4.39 Å². The molecule has 0 aliphatic rings. The third kappa shape index (κ3) is 2.17. The van der Waals surface area contributed by atoms with Gasteiger partial charge in [0.05, 0.1) is 17.5 Å². The van der Waals surface area contributed by atoms with Crippen LogP contribution in [0.1, 0.15) is 0 Å². The van der Waals surface area contributed by atoms with Crippen LogP contribution >= 0.6 is 11.8 Å². The van der Waals surface area contributed by atoms with E-state index in [4.69, 9.17) is 5.26 Å². The Bertz CT molecular complexity index is 515. The maximum atomic E-state index is 12.7. The molecule has 16 heavy (non-hydrogen) atoms. The highest BCUT2D eigenvalue weighted by atomic mass is 32.2. The Morgan fingerprint density at radius 2 is 2.12 bits per heavy atom. The van der Waals surface area contributed by atoms with Crippen LogP contribution in [0.15, 0.2) is 29.4 Å². The molecule has 7 heteroatoms. The van der Waals surface area contributed by atoms with E-state index in [1.54, 1.807) is 12.1 Å². The van der Waals surface area contributed by atoms with Gasteiger partial charge in [-0.15, -0.1) is 5.10 Å². The van der Waals surface area contributed by atoms with Gasteiger partial charge in [-0.1, -0.05) is 11.8 Å². The van der Waals surface area contributed by atoms with Crippen molar-refractivity contribution >= 4 is 11.8 Å². The Kier molecular flexibility index (Phi) is 3.12. The lowest BCUT2D eigenvalue weighted by Crippen LogP contribution is -1.99. The van der Waals surface area contributed by atoms with Crippen molar-refractivity contribution in [3.05, 3.63) is 30.1 Å². The monoisotopic (exact) mass is 235 g/mol. The van der Waals surface area contributed by atoms with Gasteiger partial charge in [-0.3, -0.25) is 0 Å². The lowest BCUT2D eigenvalue weighted by molar-refractivity contribution is 0.626. The average molecular weight is 235 g/mol. The molecular formula is C9H6FN5S. The Morgan fingerprint density at radius 3 is 2.81 bits per heavy atom. The summed E-state index contributed by atoms with van der Waals surface area (Å²) in [5.74, 6) is -0.0512. The van der Waals surface area contributed by atoms with Crippen molar-refractivity contribution in [2.24, 2.45) is 0 Å².